The van der Waals surface area contributed by atoms with Crippen molar-refractivity contribution in [2.45, 2.75) is 52.5 Å². The third kappa shape index (κ3) is 6.67. The average Bonchev–Trinajstić information content (AvgIpc) is 3.21. The lowest BCUT2D eigenvalue weighted by Gasteiger charge is -2.28. The van der Waals surface area contributed by atoms with Crippen LogP contribution in [-0.2, 0) is 11.4 Å². The number of nitrogens with zero attached hydrogens (tertiary/aromatic N) is 1. The van der Waals surface area contributed by atoms with E-state index in [1.807, 2.05) is 59.1 Å². The highest BCUT2D eigenvalue weighted by atomic mass is 32.2. The zero-order valence-corrected chi connectivity index (χ0v) is 20.2. The molecular formula is C26H35NO3S. The minimum atomic E-state index is 0.0271. The van der Waals surface area contributed by atoms with Gasteiger partial charge in [0.1, 0.15) is 12.0 Å². The number of carbonyl (C=O) groups is 1. The van der Waals surface area contributed by atoms with Crippen LogP contribution in [0.5, 0.6) is 11.5 Å². The first-order valence-corrected chi connectivity index (χ1v) is 12.1. The Balaban J connectivity index is 1.72. The van der Waals surface area contributed by atoms with Crippen molar-refractivity contribution in [2.24, 2.45) is 11.3 Å². The molecule has 0 aliphatic carbocycles. The molecule has 5 heteroatoms. The monoisotopic (exact) mass is 441 g/mol. The molecule has 0 bridgehead atoms. The van der Waals surface area contributed by atoms with E-state index < -0.39 is 0 Å². The predicted octanol–water partition coefficient (Wildman–Crippen LogP) is 6.31. The lowest BCUT2D eigenvalue weighted by Crippen LogP contribution is -2.32. The lowest BCUT2D eigenvalue weighted by atomic mass is 9.84. The van der Waals surface area contributed by atoms with Crippen LogP contribution in [-0.4, -0.2) is 30.2 Å². The van der Waals surface area contributed by atoms with Crippen molar-refractivity contribution in [3.8, 4) is 11.5 Å². The number of benzene rings is 2. The van der Waals surface area contributed by atoms with Gasteiger partial charge in [-0.05, 0) is 41.0 Å². The second-order valence-electron chi connectivity index (χ2n) is 9.57. The molecule has 2 aromatic carbocycles. The zero-order valence-electron chi connectivity index (χ0n) is 19.4. The first-order valence-electron chi connectivity index (χ1n) is 11.0. The van der Waals surface area contributed by atoms with Gasteiger partial charge in [0.25, 0.3) is 0 Å². The number of hydrogen-bond acceptors (Lipinski definition) is 4. The highest BCUT2D eigenvalue weighted by Gasteiger charge is 2.32. The van der Waals surface area contributed by atoms with Crippen LogP contribution in [0.4, 0.5) is 0 Å². The molecule has 1 saturated heterocycles. The Labute approximate surface area is 191 Å². The van der Waals surface area contributed by atoms with E-state index in [1.165, 1.54) is 0 Å². The maximum Gasteiger partial charge on any atom is 0.224 e. The van der Waals surface area contributed by atoms with Crippen molar-refractivity contribution in [3.05, 3.63) is 59.7 Å². The summed E-state index contributed by atoms with van der Waals surface area (Å²) in [5, 5.41) is 0.0271. The van der Waals surface area contributed by atoms with Crippen molar-refractivity contribution < 1.29 is 14.3 Å². The molecule has 1 heterocycles. The van der Waals surface area contributed by atoms with Crippen LogP contribution in [0.15, 0.2) is 48.5 Å². The number of thioether (sulfide) groups is 1. The number of hydrogen-bond donors (Lipinski definition) is 0. The van der Waals surface area contributed by atoms with E-state index in [9.17, 15) is 4.79 Å². The molecule has 2 unspecified atom stereocenters. The van der Waals surface area contributed by atoms with Gasteiger partial charge in [-0.3, -0.25) is 4.79 Å². The number of carbonyl (C=O) groups excluding carboxylic acids is 1. The first-order chi connectivity index (χ1) is 14.8. The van der Waals surface area contributed by atoms with Crippen LogP contribution >= 0.6 is 11.8 Å². The van der Waals surface area contributed by atoms with Gasteiger partial charge in [0.2, 0.25) is 5.91 Å². The molecular weight excluding hydrogens is 406 g/mol. The van der Waals surface area contributed by atoms with E-state index in [2.05, 4.69) is 33.8 Å². The first kappa shape index (κ1) is 23.5. The van der Waals surface area contributed by atoms with Crippen LogP contribution in [0.25, 0.3) is 0 Å². The second kappa shape index (κ2) is 10.4. The third-order valence-corrected chi connectivity index (χ3v) is 6.67. The Morgan fingerprint density at radius 2 is 1.90 bits per heavy atom. The summed E-state index contributed by atoms with van der Waals surface area (Å²) in [4.78, 5) is 15.1. The van der Waals surface area contributed by atoms with E-state index in [-0.39, 0.29) is 16.7 Å². The molecule has 0 radical (unpaired) electrons. The number of rotatable bonds is 8. The van der Waals surface area contributed by atoms with Crippen LogP contribution in [0, 0.1) is 11.3 Å². The standard InChI is InChI=1S/C26H35NO3S/c1-19(17-26(2,3)4)15-24(28)27-13-14-31-25(27)21-11-12-22(29-5)23(16-21)30-18-20-9-7-6-8-10-20/h6-12,16,19,25H,13-15,17-18H2,1-5H3. The molecule has 0 saturated carbocycles. The fourth-order valence-electron chi connectivity index (χ4n) is 4.23. The normalized spacial score (nSPS) is 17.5. The lowest BCUT2D eigenvalue weighted by molar-refractivity contribution is -0.132. The van der Waals surface area contributed by atoms with Gasteiger partial charge in [-0.15, -0.1) is 11.8 Å². The summed E-state index contributed by atoms with van der Waals surface area (Å²) < 4.78 is 11.6. The zero-order chi connectivity index (χ0) is 22.4. The second-order valence-corrected chi connectivity index (χ2v) is 10.8. The Morgan fingerprint density at radius 1 is 1.16 bits per heavy atom. The summed E-state index contributed by atoms with van der Waals surface area (Å²) >= 11 is 1.82. The topological polar surface area (TPSA) is 38.8 Å². The van der Waals surface area contributed by atoms with Gasteiger partial charge < -0.3 is 14.4 Å². The van der Waals surface area contributed by atoms with Crippen molar-refractivity contribution in [2.75, 3.05) is 19.4 Å². The van der Waals surface area contributed by atoms with Crippen molar-refractivity contribution >= 4 is 17.7 Å². The predicted molar refractivity (Wildman–Crippen MR) is 129 cm³/mol. The molecule has 3 rings (SSSR count). The summed E-state index contributed by atoms with van der Waals surface area (Å²) in [7, 11) is 1.65. The molecule has 1 fully saturated rings. The number of amides is 1. The number of ether oxygens (including phenoxy) is 2. The van der Waals surface area contributed by atoms with Crippen molar-refractivity contribution in [3.63, 3.8) is 0 Å². The van der Waals surface area contributed by atoms with E-state index in [4.69, 9.17) is 9.47 Å². The van der Waals surface area contributed by atoms with Crippen molar-refractivity contribution in [1.82, 2.24) is 4.90 Å². The molecule has 1 aliphatic rings. The molecule has 0 spiro atoms. The van der Waals surface area contributed by atoms with E-state index >= 15 is 0 Å². The van der Waals surface area contributed by atoms with Gasteiger partial charge in [-0.1, -0.05) is 64.1 Å². The Hall–Kier alpha value is -2.14. The van der Waals surface area contributed by atoms with Gasteiger partial charge in [0.05, 0.1) is 7.11 Å². The summed E-state index contributed by atoms with van der Waals surface area (Å²) in [6.45, 7) is 10.2. The highest BCUT2D eigenvalue weighted by Crippen LogP contribution is 2.42. The Morgan fingerprint density at radius 3 is 2.58 bits per heavy atom. The molecule has 31 heavy (non-hydrogen) atoms. The van der Waals surface area contributed by atoms with E-state index in [1.54, 1.807) is 7.11 Å². The molecule has 168 valence electrons. The summed E-state index contributed by atoms with van der Waals surface area (Å²) in [6, 6.07) is 16.1. The fourth-order valence-corrected chi connectivity index (χ4v) is 5.50. The van der Waals surface area contributed by atoms with Gasteiger partial charge in [-0.2, -0.15) is 0 Å². The SMILES string of the molecule is COc1ccc(C2SCCN2C(=O)CC(C)CC(C)(C)C)cc1OCc1ccccc1. The van der Waals surface area contributed by atoms with Gasteiger partial charge in [-0.25, -0.2) is 0 Å². The summed E-state index contributed by atoms with van der Waals surface area (Å²) in [6.07, 6.45) is 1.65. The van der Waals surface area contributed by atoms with Crippen molar-refractivity contribution in [1.29, 1.82) is 0 Å². The molecule has 4 nitrogen and oxygen atoms in total. The largest absolute Gasteiger partial charge is 0.493 e. The summed E-state index contributed by atoms with van der Waals surface area (Å²) in [5.74, 6) is 2.99. The summed E-state index contributed by atoms with van der Waals surface area (Å²) in [5.41, 5.74) is 2.43. The highest BCUT2D eigenvalue weighted by molar-refractivity contribution is 7.99. The number of methoxy groups -OCH3 is 1. The fraction of sp³-hybridized carbons (Fsp3) is 0.500. The molecule has 2 atom stereocenters. The van der Waals surface area contributed by atoms with Crippen LogP contribution in [0.3, 0.4) is 0 Å². The van der Waals surface area contributed by atoms with Crippen LogP contribution in [0.2, 0.25) is 0 Å². The maximum atomic E-state index is 13.1. The van der Waals surface area contributed by atoms with Crippen LogP contribution in [0.1, 0.15) is 57.0 Å². The van der Waals surface area contributed by atoms with Crippen LogP contribution < -0.4 is 9.47 Å². The molecule has 0 N–H and O–H groups in total. The van der Waals surface area contributed by atoms with E-state index in [0.29, 0.717) is 30.4 Å². The molecule has 0 aromatic heterocycles. The minimum absolute atomic E-state index is 0.0271. The van der Waals surface area contributed by atoms with Gasteiger partial charge >= 0.3 is 0 Å². The van der Waals surface area contributed by atoms with E-state index in [0.717, 1.165) is 29.8 Å². The van der Waals surface area contributed by atoms with Gasteiger partial charge in [0, 0.05) is 18.7 Å². The quantitative estimate of drug-likeness (QED) is 0.481. The minimum Gasteiger partial charge on any atom is -0.493 e. The Bertz CT molecular complexity index is 863. The third-order valence-electron chi connectivity index (χ3n) is 5.41. The smallest absolute Gasteiger partial charge is 0.224 e. The molecule has 1 aliphatic heterocycles. The Kier molecular flexibility index (Phi) is 7.93. The van der Waals surface area contributed by atoms with Gasteiger partial charge in [0.15, 0.2) is 11.5 Å². The average molecular weight is 442 g/mol. The molecule has 1 amide bonds. The molecule has 2 aromatic rings. The maximum absolute atomic E-state index is 13.1.